The number of hydrogen-bond donors (Lipinski definition) is 0. The SMILES string of the molecule is C=CC(=O)OC[N+](CC)(CC)CCCC.COS(=O)(=O)[O-]. The van der Waals surface area contributed by atoms with Crippen LogP contribution in [-0.4, -0.2) is 56.9 Å². The molecule has 7 nitrogen and oxygen atoms in total. The van der Waals surface area contributed by atoms with Gasteiger partial charge in [0, 0.05) is 6.08 Å². The first-order valence-corrected chi connectivity index (χ1v) is 8.19. The summed E-state index contributed by atoms with van der Waals surface area (Å²) in [6.07, 6.45) is 3.57. The summed E-state index contributed by atoms with van der Waals surface area (Å²) in [5, 5.41) is 0. The van der Waals surface area contributed by atoms with E-state index in [1.165, 1.54) is 18.9 Å². The number of hydrogen-bond acceptors (Lipinski definition) is 6. The number of nitrogens with zero attached hydrogens (tertiary/aromatic N) is 1. The maximum absolute atomic E-state index is 11.0. The summed E-state index contributed by atoms with van der Waals surface area (Å²) in [5.41, 5.74) is 0. The van der Waals surface area contributed by atoms with Crippen molar-refractivity contribution in [2.24, 2.45) is 0 Å². The Morgan fingerprint density at radius 1 is 1.29 bits per heavy atom. The average molecular weight is 325 g/mol. The van der Waals surface area contributed by atoms with Crippen LogP contribution in [0.15, 0.2) is 12.7 Å². The number of rotatable bonds is 9. The van der Waals surface area contributed by atoms with Gasteiger partial charge in [0.15, 0.2) is 0 Å². The van der Waals surface area contributed by atoms with Crippen LogP contribution < -0.4 is 0 Å². The molecule has 0 saturated heterocycles. The lowest BCUT2D eigenvalue weighted by atomic mass is 10.2. The average Bonchev–Trinajstić information content (AvgIpc) is 2.47. The Morgan fingerprint density at radius 2 is 1.76 bits per heavy atom. The number of ether oxygens (including phenoxy) is 1. The van der Waals surface area contributed by atoms with Crippen LogP contribution in [0.3, 0.4) is 0 Å². The van der Waals surface area contributed by atoms with E-state index in [1.54, 1.807) is 0 Å². The largest absolute Gasteiger partial charge is 0.726 e. The van der Waals surface area contributed by atoms with Gasteiger partial charge in [-0.25, -0.2) is 13.2 Å². The molecule has 0 atom stereocenters. The van der Waals surface area contributed by atoms with Crippen LogP contribution in [0.5, 0.6) is 0 Å². The molecule has 0 aromatic rings. The van der Waals surface area contributed by atoms with Crippen molar-refractivity contribution in [3.05, 3.63) is 12.7 Å². The van der Waals surface area contributed by atoms with Crippen LogP contribution in [0.4, 0.5) is 0 Å². The first-order chi connectivity index (χ1) is 9.70. The fraction of sp³-hybridized carbons (Fsp3) is 0.769. The van der Waals surface area contributed by atoms with Gasteiger partial charge >= 0.3 is 5.97 Å². The Labute approximate surface area is 128 Å². The van der Waals surface area contributed by atoms with Crippen molar-refractivity contribution in [1.82, 2.24) is 0 Å². The molecule has 0 aromatic carbocycles. The van der Waals surface area contributed by atoms with Crippen LogP contribution in [0.1, 0.15) is 33.6 Å². The standard InChI is InChI=1S/C12H24NO2.CH4O4S/c1-5-9-10-13(7-3,8-4)11-15-12(14)6-2;1-5-6(2,3)4/h6H,2,5,7-11H2,1,3-4H3;1H3,(H,2,3,4)/q+1;/p-1. The fourth-order valence-electron chi connectivity index (χ4n) is 1.54. The monoisotopic (exact) mass is 325 g/mol. The molecule has 0 unspecified atom stereocenters. The van der Waals surface area contributed by atoms with E-state index in [2.05, 4.69) is 31.5 Å². The molecule has 0 aromatic heterocycles. The van der Waals surface area contributed by atoms with Crippen molar-refractivity contribution >= 4 is 16.4 Å². The molecule has 0 aliphatic carbocycles. The van der Waals surface area contributed by atoms with E-state index in [9.17, 15) is 17.8 Å². The number of carbonyl (C=O) groups is 1. The van der Waals surface area contributed by atoms with Gasteiger partial charge in [-0.3, -0.25) is 8.67 Å². The molecular formula is C13H27NO6S. The van der Waals surface area contributed by atoms with E-state index in [4.69, 9.17) is 4.74 Å². The minimum absolute atomic E-state index is 0.323. The molecule has 0 heterocycles. The van der Waals surface area contributed by atoms with Gasteiger partial charge in [-0.05, 0) is 20.3 Å². The lowest BCUT2D eigenvalue weighted by Crippen LogP contribution is -2.50. The summed E-state index contributed by atoms with van der Waals surface area (Å²) in [7, 11) is -3.60. The van der Waals surface area contributed by atoms with E-state index in [1.807, 2.05) is 0 Å². The van der Waals surface area contributed by atoms with Crippen LogP contribution >= 0.6 is 0 Å². The van der Waals surface area contributed by atoms with Crippen molar-refractivity contribution < 1.29 is 31.2 Å². The number of unbranched alkanes of at least 4 members (excludes halogenated alkanes) is 1. The molecule has 0 spiro atoms. The Morgan fingerprint density at radius 3 is 2.05 bits per heavy atom. The Hall–Kier alpha value is -0.960. The normalized spacial score (nSPS) is 11.3. The molecule has 0 amide bonds. The molecule has 0 saturated carbocycles. The Balaban J connectivity index is 0. The maximum Gasteiger partial charge on any atom is 0.334 e. The van der Waals surface area contributed by atoms with E-state index >= 15 is 0 Å². The molecule has 0 N–H and O–H groups in total. The van der Waals surface area contributed by atoms with Gasteiger partial charge in [0.05, 0.1) is 26.7 Å². The summed E-state index contributed by atoms with van der Waals surface area (Å²) in [6.45, 7) is 13.4. The van der Waals surface area contributed by atoms with Gasteiger partial charge in [-0.1, -0.05) is 19.9 Å². The van der Waals surface area contributed by atoms with Gasteiger partial charge in [0.25, 0.3) is 0 Å². The van der Waals surface area contributed by atoms with Crippen molar-refractivity contribution in [3.63, 3.8) is 0 Å². The highest BCUT2D eigenvalue weighted by Gasteiger charge is 2.23. The van der Waals surface area contributed by atoms with E-state index in [-0.39, 0.29) is 5.97 Å². The summed E-state index contributed by atoms with van der Waals surface area (Å²) in [5.74, 6) is -0.323. The number of carbonyl (C=O) groups excluding carboxylic acids is 1. The second-order valence-electron chi connectivity index (χ2n) is 4.42. The highest BCUT2D eigenvalue weighted by Crippen LogP contribution is 2.09. The zero-order chi connectivity index (χ0) is 16.9. The zero-order valence-electron chi connectivity index (χ0n) is 13.3. The van der Waals surface area contributed by atoms with Crippen LogP contribution in [0, 0.1) is 0 Å². The van der Waals surface area contributed by atoms with Gasteiger partial charge in [-0.2, -0.15) is 0 Å². The maximum atomic E-state index is 11.0. The molecule has 8 heteroatoms. The molecule has 21 heavy (non-hydrogen) atoms. The van der Waals surface area contributed by atoms with Gasteiger partial charge in [0.2, 0.25) is 17.1 Å². The molecule has 0 bridgehead atoms. The molecule has 0 fully saturated rings. The van der Waals surface area contributed by atoms with Gasteiger partial charge < -0.3 is 9.29 Å². The summed E-state index contributed by atoms with van der Waals surface area (Å²) in [4.78, 5) is 11.0. The van der Waals surface area contributed by atoms with E-state index in [0.717, 1.165) is 31.2 Å². The summed E-state index contributed by atoms with van der Waals surface area (Å²) >= 11 is 0. The third-order valence-corrected chi connectivity index (χ3v) is 3.59. The van der Waals surface area contributed by atoms with Crippen molar-refractivity contribution in [2.45, 2.75) is 33.6 Å². The smallest absolute Gasteiger partial charge is 0.334 e. The Bertz CT molecular complexity index is 389. The predicted octanol–water partition coefficient (Wildman–Crippen LogP) is 1.42. The summed E-state index contributed by atoms with van der Waals surface area (Å²) < 4.78 is 37.0. The van der Waals surface area contributed by atoms with Crippen molar-refractivity contribution in [1.29, 1.82) is 0 Å². The predicted molar refractivity (Wildman–Crippen MR) is 79.0 cm³/mol. The van der Waals surface area contributed by atoms with Gasteiger partial charge in [0.1, 0.15) is 0 Å². The molecular weight excluding hydrogens is 298 g/mol. The second-order valence-corrected chi connectivity index (χ2v) is 5.57. The van der Waals surface area contributed by atoms with Crippen molar-refractivity contribution in [3.8, 4) is 0 Å². The zero-order valence-corrected chi connectivity index (χ0v) is 14.1. The lowest BCUT2D eigenvalue weighted by molar-refractivity contribution is -0.940. The third-order valence-electron chi connectivity index (χ3n) is 3.18. The minimum Gasteiger partial charge on any atom is -0.726 e. The van der Waals surface area contributed by atoms with Crippen LogP contribution in [0.25, 0.3) is 0 Å². The third kappa shape index (κ3) is 12.5. The number of esters is 1. The number of quaternary nitrogens is 1. The molecule has 0 aliphatic rings. The first kappa shape index (κ1) is 22.3. The summed E-state index contributed by atoms with van der Waals surface area (Å²) in [6, 6.07) is 0. The molecule has 126 valence electrons. The molecule has 0 rings (SSSR count). The van der Waals surface area contributed by atoms with Crippen molar-refractivity contribution in [2.75, 3.05) is 33.5 Å². The van der Waals surface area contributed by atoms with Crippen LogP contribution in [-0.2, 0) is 24.1 Å². The fourth-order valence-corrected chi connectivity index (χ4v) is 1.54. The highest BCUT2D eigenvalue weighted by molar-refractivity contribution is 7.80. The Kier molecular flexibility index (Phi) is 12.4. The topological polar surface area (TPSA) is 92.7 Å². The van der Waals surface area contributed by atoms with Crippen LogP contribution in [0.2, 0.25) is 0 Å². The van der Waals surface area contributed by atoms with Gasteiger partial charge in [-0.15, -0.1) is 0 Å². The molecule has 0 aliphatic heterocycles. The minimum atomic E-state index is -4.41. The second kappa shape index (κ2) is 11.7. The highest BCUT2D eigenvalue weighted by atomic mass is 32.3. The quantitative estimate of drug-likeness (QED) is 0.159. The lowest BCUT2D eigenvalue weighted by Gasteiger charge is -2.35. The van der Waals surface area contributed by atoms with E-state index in [0.29, 0.717) is 6.73 Å². The van der Waals surface area contributed by atoms with E-state index < -0.39 is 10.4 Å². The first-order valence-electron chi connectivity index (χ1n) is 6.85. The molecule has 0 radical (unpaired) electrons.